The summed E-state index contributed by atoms with van der Waals surface area (Å²) in [4.78, 5) is 0. The zero-order valence-electron chi connectivity index (χ0n) is 13.5. The van der Waals surface area contributed by atoms with Crippen molar-refractivity contribution in [1.29, 1.82) is 0 Å². The molecule has 0 spiro atoms. The molecular formula is C14H23N5OS. The number of rotatable bonds is 5. The van der Waals surface area contributed by atoms with Gasteiger partial charge in [-0.25, -0.2) is 4.68 Å². The van der Waals surface area contributed by atoms with E-state index in [1.165, 1.54) is 0 Å². The lowest BCUT2D eigenvalue weighted by atomic mass is 9.98. The highest BCUT2D eigenvalue weighted by Crippen LogP contribution is 2.29. The molecule has 21 heavy (non-hydrogen) atoms. The first kappa shape index (κ1) is 15.8. The summed E-state index contributed by atoms with van der Waals surface area (Å²) in [6, 6.07) is 0. The van der Waals surface area contributed by atoms with Crippen LogP contribution in [0.5, 0.6) is 5.88 Å². The van der Waals surface area contributed by atoms with Gasteiger partial charge >= 0.3 is 0 Å². The Labute approximate surface area is 129 Å². The average Bonchev–Trinajstić information content (AvgIpc) is 2.99. The van der Waals surface area contributed by atoms with Gasteiger partial charge in [0.25, 0.3) is 0 Å². The molecule has 0 saturated heterocycles. The molecule has 0 radical (unpaired) electrons. The molecule has 2 heterocycles. The van der Waals surface area contributed by atoms with Crippen molar-refractivity contribution in [2.45, 2.75) is 46.1 Å². The third kappa shape index (κ3) is 3.34. The fourth-order valence-corrected chi connectivity index (χ4v) is 2.88. The van der Waals surface area contributed by atoms with Gasteiger partial charge in [-0.15, -0.1) is 10.2 Å². The third-order valence-corrected chi connectivity index (χ3v) is 4.49. The van der Waals surface area contributed by atoms with E-state index in [-0.39, 0.29) is 5.41 Å². The van der Waals surface area contributed by atoms with Gasteiger partial charge in [0, 0.05) is 19.0 Å². The monoisotopic (exact) mass is 309 g/mol. The molecule has 0 aliphatic rings. The van der Waals surface area contributed by atoms with Gasteiger partial charge < -0.3 is 10.1 Å². The van der Waals surface area contributed by atoms with Crippen LogP contribution in [0.1, 0.15) is 44.0 Å². The standard InChI is InChI=1S/C14H23N5OS/c1-7-10-9(11(20-6)19(5)18-10)8-15-13-17-16-12(21-13)14(2,3)4/h7-8H2,1-6H3,(H,15,17). The molecule has 0 saturated carbocycles. The minimum Gasteiger partial charge on any atom is -0.481 e. The van der Waals surface area contributed by atoms with Crippen molar-refractivity contribution in [3.05, 3.63) is 16.3 Å². The lowest BCUT2D eigenvalue weighted by Gasteiger charge is -2.12. The molecule has 0 amide bonds. The minimum absolute atomic E-state index is 0.0260. The van der Waals surface area contributed by atoms with Crippen LogP contribution in [0, 0.1) is 0 Å². The van der Waals surface area contributed by atoms with Gasteiger partial charge in [-0.1, -0.05) is 39.0 Å². The number of nitrogens with one attached hydrogen (secondary N) is 1. The Bertz CT molecular complexity index is 611. The number of methoxy groups -OCH3 is 1. The summed E-state index contributed by atoms with van der Waals surface area (Å²) in [5.74, 6) is 0.792. The molecule has 0 bridgehead atoms. The van der Waals surface area contributed by atoms with Gasteiger partial charge in [0.15, 0.2) is 0 Å². The number of aromatic nitrogens is 4. The zero-order chi connectivity index (χ0) is 15.6. The summed E-state index contributed by atoms with van der Waals surface area (Å²) in [5, 5.41) is 18.1. The van der Waals surface area contributed by atoms with Crippen molar-refractivity contribution in [3.63, 3.8) is 0 Å². The normalized spacial score (nSPS) is 11.7. The smallest absolute Gasteiger partial charge is 0.216 e. The maximum atomic E-state index is 5.43. The van der Waals surface area contributed by atoms with Crippen molar-refractivity contribution in [1.82, 2.24) is 20.0 Å². The predicted molar refractivity (Wildman–Crippen MR) is 85.1 cm³/mol. The molecule has 0 atom stereocenters. The van der Waals surface area contributed by atoms with Crippen molar-refractivity contribution in [2.75, 3.05) is 12.4 Å². The highest BCUT2D eigenvalue weighted by molar-refractivity contribution is 7.15. The molecule has 2 aromatic rings. The number of hydrogen-bond acceptors (Lipinski definition) is 6. The number of hydrogen-bond donors (Lipinski definition) is 1. The molecule has 0 fully saturated rings. The summed E-state index contributed by atoms with van der Waals surface area (Å²) in [6.07, 6.45) is 0.873. The second kappa shape index (κ2) is 6.01. The largest absolute Gasteiger partial charge is 0.481 e. The fourth-order valence-electron chi connectivity index (χ4n) is 2.08. The van der Waals surface area contributed by atoms with Crippen LogP contribution >= 0.6 is 11.3 Å². The predicted octanol–water partition coefficient (Wildman–Crippen LogP) is 2.75. The van der Waals surface area contributed by atoms with E-state index >= 15 is 0 Å². The lowest BCUT2D eigenvalue weighted by molar-refractivity contribution is 0.370. The molecule has 2 aromatic heterocycles. The lowest BCUT2D eigenvalue weighted by Crippen LogP contribution is -2.10. The first-order valence-corrected chi connectivity index (χ1v) is 7.85. The second-order valence-corrected chi connectivity index (χ2v) is 6.91. The number of aryl methyl sites for hydroxylation is 2. The molecule has 2 rings (SSSR count). The van der Waals surface area contributed by atoms with Crippen LogP contribution in [0.15, 0.2) is 0 Å². The molecule has 1 N–H and O–H groups in total. The van der Waals surface area contributed by atoms with Crippen molar-refractivity contribution in [3.8, 4) is 5.88 Å². The average molecular weight is 309 g/mol. The number of ether oxygens (including phenoxy) is 1. The Morgan fingerprint density at radius 2 is 2.00 bits per heavy atom. The third-order valence-electron chi connectivity index (χ3n) is 3.18. The Morgan fingerprint density at radius 1 is 1.29 bits per heavy atom. The van der Waals surface area contributed by atoms with Crippen LogP contribution in [0.3, 0.4) is 0 Å². The second-order valence-electron chi connectivity index (χ2n) is 5.93. The molecular weight excluding hydrogens is 286 g/mol. The van der Waals surface area contributed by atoms with Gasteiger partial charge in [-0.05, 0) is 6.42 Å². The van der Waals surface area contributed by atoms with Crippen molar-refractivity contribution in [2.24, 2.45) is 7.05 Å². The van der Waals surface area contributed by atoms with Gasteiger partial charge in [0.05, 0.1) is 18.4 Å². The Balaban J connectivity index is 2.15. The first-order valence-electron chi connectivity index (χ1n) is 7.03. The number of anilines is 1. The van der Waals surface area contributed by atoms with Crippen LogP contribution in [-0.4, -0.2) is 27.1 Å². The zero-order valence-corrected chi connectivity index (χ0v) is 14.3. The topological polar surface area (TPSA) is 64.9 Å². The van der Waals surface area contributed by atoms with Crippen molar-refractivity contribution >= 4 is 16.5 Å². The summed E-state index contributed by atoms with van der Waals surface area (Å²) in [5.41, 5.74) is 2.15. The summed E-state index contributed by atoms with van der Waals surface area (Å²) < 4.78 is 7.21. The molecule has 7 heteroatoms. The summed E-state index contributed by atoms with van der Waals surface area (Å²) in [7, 11) is 3.56. The van der Waals surface area contributed by atoms with Crippen LogP contribution in [-0.2, 0) is 25.4 Å². The van der Waals surface area contributed by atoms with Crippen LogP contribution in [0.2, 0.25) is 0 Å². The van der Waals surface area contributed by atoms with Gasteiger partial charge in [-0.3, -0.25) is 0 Å². The molecule has 0 aliphatic heterocycles. The van der Waals surface area contributed by atoms with Gasteiger partial charge in [0.2, 0.25) is 11.0 Å². The quantitative estimate of drug-likeness (QED) is 0.920. The first-order chi connectivity index (χ1) is 9.86. The van der Waals surface area contributed by atoms with Gasteiger partial charge in [0.1, 0.15) is 5.01 Å². The highest BCUT2D eigenvalue weighted by Gasteiger charge is 2.20. The molecule has 6 nitrogen and oxygen atoms in total. The Hall–Kier alpha value is -1.63. The molecule has 0 unspecified atom stereocenters. The summed E-state index contributed by atoms with van der Waals surface area (Å²) >= 11 is 1.59. The SMILES string of the molecule is CCc1nn(C)c(OC)c1CNc1nnc(C(C)(C)C)s1. The van der Waals surface area contributed by atoms with Crippen LogP contribution in [0.25, 0.3) is 0 Å². The highest BCUT2D eigenvalue weighted by atomic mass is 32.1. The molecule has 0 aliphatic carbocycles. The Kier molecular flexibility index (Phi) is 4.51. The van der Waals surface area contributed by atoms with Gasteiger partial charge in [-0.2, -0.15) is 5.10 Å². The van der Waals surface area contributed by atoms with E-state index in [2.05, 4.69) is 48.3 Å². The van der Waals surface area contributed by atoms with E-state index < -0.39 is 0 Å². The Morgan fingerprint density at radius 3 is 2.52 bits per heavy atom. The number of nitrogens with zero attached hydrogens (tertiary/aromatic N) is 4. The molecule has 0 aromatic carbocycles. The maximum Gasteiger partial charge on any atom is 0.216 e. The fraction of sp³-hybridized carbons (Fsp3) is 0.643. The van der Waals surface area contributed by atoms with Crippen molar-refractivity contribution < 1.29 is 4.74 Å². The summed E-state index contributed by atoms with van der Waals surface area (Å²) in [6.45, 7) is 9.14. The maximum absolute atomic E-state index is 5.43. The van der Waals surface area contributed by atoms with E-state index in [0.29, 0.717) is 6.54 Å². The van der Waals surface area contributed by atoms with E-state index in [1.54, 1.807) is 23.1 Å². The minimum atomic E-state index is 0.0260. The van der Waals surface area contributed by atoms with Crippen LogP contribution < -0.4 is 10.1 Å². The van der Waals surface area contributed by atoms with E-state index in [9.17, 15) is 0 Å². The molecule has 116 valence electrons. The van der Waals surface area contributed by atoms with E-state index in [1.807, 2.05) is 7.05 Å². The van der Waals surface area contributed by atoms with E-state index in [4.69, 9.17) is 4.74 Å². The van der Waals surface area contributed by atoms with E-state index in [0.717, 1.165) is 33.7 Å². The van der Waals surface area contributed by atoms with Crippen LogP contribution in [0.4, 0.5) is 5.13 Å².